The minimum atomic E-state index is -0.178. The number of rotatable bonds is 3. The zero-order valence-corrected chi connectivity index (χ0v) is 13.9. The van der Waals surface area contributed by atoms with E-state index in [1.165, 1.54) is 16.2 Å². The molecule has 1 aromatic carbocycles. The lowest BCUT2D eigenvalue weighted by atomic mass is 10.1. The van der Waals surface area contributed by atoms with Gasteiger partial charge in [-0.3, -0.25) is 9.59 Å². The summed E-state index contributed by atoms with van der Waals surface area (Å²) >= 11 is 1.38. The van der Waals surface area contributed by atoms with Gasteiger partial charge in [0.15, 0.2) is 0 Å². The molecule has 2 N–H and O–H groups in total. The Kier molecular flexibility index (Phi) is 4.73. The SMILES string of the molecule is C[NH+]1CCN(C(=O)c2ccccc2NC(=O)c2cccs2)CC1. The Balaban J connectivity index is 1.77. The summed E-state index contributed by atoms with van der Waals surface area (Å²) in [6, 6.07) is 10.8. The van der Waals surface area contributed by atoms with Crippen molar-refractivity contribution in [2.75, 3.05) is 38.5 Å². The fourth-order valence-corrected chi connectivity index (χ4v) is 3.25. The molecule has 1 aliphatic heterocycles. The van der Waals surface area contributed by atoms with Crippen LogP contribution in [0.1, 0.15) is 20.0 Å². The molecule has 0 bridgehead atoms. The Bertz CT molecular complexity index is 692. The van der Waals surface area contributed by atoms with Crippen LogP contribution in [0.3, 0.4) is 0 Å². The predicted octanol–water partition coefficient (Wildman–Crippen LogP) is 0.971. The van der Waals surface area contributed by atoms with Crippen LogP contribution in [0.4, 0.5) is 5.69 Å². The van der Waals surface area contributed by atoms with Crippen LogP contribution in [-0.4, -0.2) is 49.9 Å². The van der Waals surface area contributed by atoms with Crippen molar-refractivity contribution in [3.8, 4) is 0 Å². The minimum absolute atomic E-state index is 0.0143. The average Bonchev–Trinajstić information content (AvgIpc) is 3.10. The largest absolute Gasteiger partial charge is 0.334 e. The smallest absolute Gasteiger partial charge is 0.265 e. The maximum atomic E-state index is 12.8. The van der Waals surface area contributed by atoms with Gasteiger partial charge in [-0.05, 0) is 23.6 Å². The van der Waals surface area contributed by atoms with Gasteiger partial charge in [0.2, 0.25) is 0 Å². The van der Waals surface area contributed by atoms with Crippen LogP contribution >= 0.6 is 11.3 Å². The van der Waals surface area contributed by atoms with E-state index in [4.69, 9.17) is 0 Å². The summed E-state index contributed by atoms with van der Waals surface area (Å²) in [7, 11) is 2.14. The Hall–Kier alpha value is -2.18. The molecule has 0 unspecified atom stereocenters. The third-order valence-corrected chi connectivity index (χ3v) is 4.92. The highest BCUT2D eigenvalue weighted by Crippen LogP contribution is 2.19. The summed E-state index contributed by atoms with van der Waals surface area (Å²) in [4.78, 5) is 28.9. The van der Waals surface area contributed by atoms with Crippen molar-refractivity contribution in [2.24, 2.45) is 0 Å². The number of benzene rings is 1. The van der Waals surface area contributed by atoms with Gasteiger partial charge in [0.1, 0.15) is 0 Å². The summed E-state index contributed by atoms with van der Waals surface area (Å²) < 4.78 is 0. The maximum absolute atomic E-state index is 12.8. The van der Waals surface area contributed by atoms with Crippen LogP contribution in [0.15, 0.2) is 41.8 Å². The molecule has 1 fully saturated rings. The monoisotopic (exact) mass is 330 g/mol. The number of likely N-dealkylation sites (N-methyl/N-ethyl adjacent to an activating group) is 1. The summed E-state index contributed by atoms with van der Waals surface area (Å²) in [5.74, 6) is -0.192. The van der Waals surface area contributed by atoms with E-state index in [-0.39, 0.29) is 11.8 Å². The van der Waals surface area contributed by atoms with E-state index < -0.39 is 0 Å². The number of anilines is 1. The second-order valence-electron chi connectivity index (χ2n) is 5.73. The van der Waals surface area contributed by atoms with Crippen LogP contribution in [0, 0.1) is 0 Å². The first-order chi connectivity index (χ1) is 11.1. The van der Waals surface area contributed by atoms with Gasteiger partial charge in [-0.1, -0.05) is 18.2 Å². The van der Waals surface area contributed by atoms with Gasteiger partial charge < -0.3 is 15.1 Å². The third-order valence-electron chi connectivity index (χ3n) is 4.05. The molecule has 5 nitrogen and oxygen atoms in total. The van der Waals surface area contributed by atoms with Crippen molar-refractivity contribution in [3.05, 3.63) is 52.2 Å². The lowest BCUT2D eigenvalue weighted by Crippen LogP contribution is -3.12. The van der Waals surface area contributed by atoms with E-state index in [0.717, 1.165) is 26.2 Å². The molecule has 120 valence electrons. The van der Waals surface area contributed by atoms with Crippen molar-refractivity contribution in [1.82, 2.24) is 4.90 Å². The maximum Gasteiger partial charge on any atom is 0.265 e. The molecule has 23 heavy (non-hydrogen) atoms. The topological polar surface area (TPSA) is 53.9 Å². The molecule has 0 atom stereocenters. The molecule has 6 heteroatoms. The second kappa shape index (κ2) is 6.93. The highest BCUT2D eigenvalue weighted by atomic mass is 32.1. The van der Waals surface area contributed by atoms with Crippen molar-refractivity contribution in [3.63, 3.8) is 0 Å². The van der Waals surface area contributed by atoms with Crippen LogP contribution in [0.25, 0.3) is 0 Å². The van der Waals surface area contributed by atoms with Gasteiger partial charge in [-0.2, -0.15) is 0 Å². The van der Waals surface area contributed by atoms with Crippen molar-refractivity contribution in [1.29, 1.82) is 0 Å². The molecule has 1 saturated heterocycles. The highest BCUT2D eigenvalue weighted by molar-refractivity contribution is 7.12. The van der Waals surface area contributed by atoms with Crippen LogP contribution in [-0.2, 0) is 0 Å². The highest BCUT2D eigenvalue weighted by Gasteiger charge is 2.24. The molecule has 0 saturated carbocycles. The first-order valence-corrected chi connectivity index (χ1v) is 8.57. The summed E-state index contributed by atoms with van der Waals surface area (Å²) in [5, 5.41) is 4.72. The molecule has 1 aliphatic rings. The Labute approximate surface area is 139 Å². The summed E-state index contributed by atoms with van der Waals surface area (Å²) in [5.41, 5.74) is 1.12. The van der Waals surface area contributed by atoms with Gasteiger partial charge in [0.25, 0.3) is 11.8 Å². The van der Waals surface area contributed by atoms with E-state index in [2.05, 4.69) is 12.4 Å². The van der Waals surface area contributed by atoms with Gasteiger partial charge >= 0.3 is 0 Å². The fourth-order valence-electron chi connectivity index (χ4n) is 2.63. The summed E-state index contributed by atoms with van der Waals surface area (Å²) in [6.07, 6.45) is 0. The van der Waals surface area contributed by atoms with Crippen molar-refractivity contribution in [2.45, 2.75) is 0 Å². The average molecular weight is 330 g/mol. The van der Waals surface area contributed by atoms with Crippen LogP contribution < -0.4 is 10.2 Å². The molecule has 1 aromatic heterocycles. The number of para-hydroxylation sites is 1. The van der Waals surface area contributed by atoms with Gasteiger partial charge in [-0.15, -0.1) is 11.3 Å². The van der Waals surface area contributed by atoms with Crippen molar-refractivity contribution >= 4 is 28.8 Å². The zero-order chi connectivity index (χ0) is 16.2. The molecule has 2 amide bonds. The number of nitrogens with one attached hydrogen (secondary N) is 2. The lowest BCUT2D eigenvalue weighted by Gasteiger charge is -2.30. The number of amides is 2. The van der Waals surface area contributed by atoms with E-state index in [1.807, 2.05) is 28.5 Å². The van der Waals surface area contributed by atoms with Gasteiger partial charge in [-0.25, -0.2) is 0 Å². The molecule has 2 aromatic rings. The Morgan fingerprint density at radius 3 is 2.57 bits per heavy atom. The molecule has 0 aliphatic carbocycles. The fraction of sp³-hybridized carbons (Fsp3) is 0.294. The number of hydrogen-bond donors (Lipinski definition) is 2. The number of carbonyl (C=O) groups excluding carboxylic acids is 2. The number of carbonyl (C=O) groups is 2. The quantitative estimate of drug-likeness (QED) is 0.881. The normalized spacial score (nSPS) is 15.4. The van der Waals surface area contributed by atoms with Gasteiger partial charge in [0, 0.05) is 0 Å². The van der Waals surface area contributed by atoms with E-state index in [1.54, 1.807) is 18.2 Å². The van der Waals surface area contributed by atoms with E-state index >= 15 is 0 Å². The molecule has 0 radical (unpaired) electrons. The van der Waals surface area contributed by atoms with E-state index in [9.17, 15) is 9.59 Å². The number of nitrogens with zero attached hydrogens (tertiary/aromatic N) is 1. The number of hydrogen-bond acceptors (Lipinski definition) is 3. The number of piperazine rings is 1. The third kappa shape index (κ3) is 3.60. The van der Waals surface area contributed by atoms with Crippen LogP contribution in [0.2, 0.25) is 0 Å². The molecule has 2 heterocycles. The predicted molar refractivity (Wildman–Crippen MR) is 91.2 cm³/mol. The van der Waals surface area contributed by atoms with Crippen LogP contribution in [0.5, 0.6) is 0 Å². The minimum Gasteiger partial charge on any atom is -0.334 e. The molecule has 0 spiro atoms. The Morgan fingerprint density at radius 2 is 1.87 bits per heavy atom. The molecular weight excluding hydrogens is 310 g/mol. The first kappa shape index (κ1) is 15.7. The molecular formula is C17H20N3O2S+. The van der Waals surface area contributed by atoms with Crippen molar-refractivity contribution < 1.29 is 14.5 Å². The lowest BCUT2D eigenvalue weighted by molar-refractivity contribution is -0.883. The number of thiophene rings is 1. The summed E-state index contributed by atoms with van der Waals surface area (Å²) in [6.45, 7) is 3.40. The number of quaternary nitrogens is 1. The van der Waals surface area contributed by atoms with E-state index in [0.29, 0.717) is 16.1 Å². The first-order valence-electron chi connectivity index (χ1n) is 7.69. The molecule has 3 rings (SSSR count). The zero-order valence-electron chi connectivity index (χ0n) is 13.0. The Morgan fingerprint density at radius 1 is 1.13 bits per heavy atom. The second-order valence-corrected chi connectivity index (χ2v) is 6.67. The standard InChI is InChI=1S/C17H19N3O2S/c1-19-8-10-20(11-9-19)17(22)13-5-2-3-6-14(13)18-16(21)15-7-4-12-23-15/h2-7,12H,8-11H2,1H3,(H,18,21)/p+1. The van der Waals surface area contributed by atoms with Gasteiger partial charge in [0.05, 0.1) is 49.4 Å².